The van der Waals surface area contributed by atoms with Crippen LogP contribution in [0.5, 0.6) is 0 Å². The summed E-state index contributed by atoms with van der Waals surface area (Å²) >= 11 is 0. The first-order chi connectivity index (χ1) is 9.02. The van der Waals surface area contributed by atoms with Crippen molar-refractivity contribution in [2.75, 3.05) is 11.5 Å². The minimum atomic E-state index is -3.56. The van der Waals surface area contributed by atoms with Crippen molar-refractivity contribution in [3.05, 3.63) is 36.1 Å². The summed E-state index contributed by atoms with van der Waals surface area (Å²) in [5.41, 5.74) is 0.542. The molecule has 2 aromatic rings. The molecule has 0 radical (unpaired) electrons. The zero-order valence-electron chi connectivity index (χ0n) is 10.00. The second-order valence-corrected chi connectivity index (χ2v) is 6.26. The summed E-state index contributed by atoms with van der Waals surface area (Å²) in [4.78, 5) is 11.8. The van der Waals surface area contributed by atoms with Crippen LogP contribution >= 0.6 is 0 Å². The summed E-state index contributed by atoms with van der Waals surface area (Å²) in [6.45, 7) is 0. The number of nitrogens with zero attached hydrogens (tertiary/aromatic N) is 1. The minimum absolute atomic E-state index is 0.0294. The molecular formula is C13H11NO4S. The highest BCUT2D eigenvalue weighted by Gasteiger charge is 2.20. The van der Waals surface area contributed by atoms with Gasteiger partial charge in [-0.15, -0.1) is 0 Å². The van der Waals surface area contributed by atoms with Crippen LogP contribution in [0.2, 0.25) is 0 Å². The fourth-order valence-corrected chi connectivity index (χ4v) is 2.75. The molecule has 0 atom stereocenters. The largest absolute Gasteiger partial charge is 0.453 e. The standard InChI is InChI=1S/C13H11NO4S/c14-6-3-7-19(16,17)9-11(15)13-8-10-4-1-2-5-12(10)18-13/h1-2,4-5,8H,3,7,9H2. The molecule has 0 aliphatic rings. The number of carbonyl (C=O) groups excluding carboxylic acids is 1. The van der Waals surface area contributed by atoms with Crippen LogP contribution < -0.4 is 0 Å². The molecule has 19 heavy (non-hydrogen) atoms. The summed E-state index contributed by atoms with van der Waals surface area (Å²) in [5, 5.41) is 9.11. The maximum absolute atomic E-state index is 11.8. The topological polar surface area (TPSA) is 88.1 Å². The molecule has 0 unspecified atom stereocenters. The van der Waals surface area contributed by atoms with Crippen LogP contribution in [0.3, 0.4) is 0 Å². The molecule has 1 aromatic heterocycles. The number of carbonyl (C=O) groups is 1. The molecule has 0 amide bonds. The molecule has 1 heterocycles. The third-order valence-corrected chi connectivity index (χ3v) is 4.10. The second-order valence-electron chi connectivity index (χ2n) is 4.07. The maximum atomic E-state index is 11.8. The Morgan fingerprint density at radius 3 is 2.74 bits per heavy atom. The Morgan fingerprint density at radius 2 is 2.05 bits per heavy atom. The average molecular weight is 277 g/mol. The van der Waals surface area contributed by atoms with E-state index in [2.05, 4.69) is 0 Å². The van der Waals surface area contributed by atoms with Gasteiger partial charge in [-0.2, -0.15) is 5.26 Å². The van der Waals surface area contributed by atoms with E-state index in [4.69, 9.17) is 9.68 Å². The smallest absolute Gasteiger partial charge is 0.213 e. The predicted molar refractivity (Wildman–Crippen MR) is 69.4 cm³/mol. The number of rotatable bonds is 5. The van der Waals surface area contributed by atoms with Crippen LogP contribution in [0.15, 0.2) is 34.7 Å². The van der Waals surface area contributed by atoms with Gasteiger partial charge < -0.3 is 4.42 Å². The minimum Gasteiger partial charge on any atom is -0.453 e. The number of hydrogen-bond acceptors (Lipinski definition) is 5. The number of Topliss-reactive ketones (excluding diaryl/α,β-unsaturated/α-hetero) is 1. The number of fused-ring (bicyclic) bond motifs is 1. The number of para-hydroxylation sites is 1. The van der Waals surface area contributed by atoms with Gasteiger partial charge in [-0.3, -0.25) is 4.79 Å². The number of benzene rings is 1. The molecular weight excluding hydrogens is 266 g/mol. The number of nitriles is 1. The monoisotopic (exact) mass is 277 g/mol. The van der Waals surface area contributed by atoms with E-state index in [0.717, 1.165) is 5.39 Å². The first-order valence-electron chi connectivity index (χ1n) is 5.61. The molecule has 0 saturated carbocycles. The summed E-state index contributed by atoms with van der Waals surface area (Å²) in [7, 11) is -3.56. The highest BCUT2D eigenvalue weighted by atomic mass is 32.2. The third-order valence-electron chi connectivity index (χ3n) is 2.58. The molecule has 2 rings (SSSR count). The highest BCUT2D eigenvalue weighted by Crippen LogP contribution is 2.19. The van der Waals surface area contributed by atoms with Gasteiger partial charge in [-0.05, 0) is 12.1 Å². The molecule has 0 N–H and O–H groups in total. The number of ketones is 1. The average Bonchev–Trinajstić information content (AvgIpc) is 2.80. The molecule has 5 nitrogen and oxygen atoms in total. The lowest BCUT2D eigenvalue weighted by Gasteiger charge is -1.98. The summed E-state index contributed by atoms with van der Waals surface area (Å²) in [6.07, 6.45) is -0.115. The lowest BCUT2D eigenvalue weighted by Crippen LogP contribution is -2.18. The van der Waals surface area contributed by atoms with E-state index in [1.165, 1.54) is 6.07 Å². The summed E-state index contributed by atoms with van der Waals surface area (Å²) < 4.78 is 28.5. The van der Waals surface area contributed by atoms with Gasteiger partial charge in [0.05, 0.1) is 11.8 Å². The van der Waals surface area contributed by atoms with E-state index >= 15 is 0 Å². The third kappa shape index (κ3) is 3.20. The van der Waals surface area contributed by atoms with Gasteiger partial charge in [0.15, 0.2) is 15.6 Å². The molecule has 0 aliphatic carbocycles. The predicted octanol–water partition coefficient (Wildman–Crippen LogP) is 1.94. The van der Waals surface area contributed by atoms with Crippen LogP contribution in [0.25, 0.3) is 11.0 Å². The van der Waals surface area contributed by atoms with Crippen molar-refractivity contribution in [3.63, 3.8) is 0 Å². The molecule has 0 saturated heterocycles. The Hall–Kier alpha value is -2.13. The van der Waals surface area contributed by atoms with Crippen molar-refractivity contribution in [1.29, 1.82) is 5.26 Å². The summed E-state index contributed by atoms with van der Waals surface area (Å²) in [5.74, 6) is -1.50. The van der Waals surface area contributed by atoms with Crippen molar-refractivity contribution in [1.82, 2.24) is 0 Å². The number of hydrogen-bond donors (Lipinski definition) is 0. The van der Waals surface area contributed by atoms with E-state index in [1.54, 1.807) is 30.3 Å². The van der Waals surface area contributed by atoms with E-state index < -0.39 is 21.4 Å². The number of furan rings is 1. The lowest BCUT2D eigenvalue weighted by atomic mass is 10.2. The fourth-order valence-electron chi connectivity index (χ4n) is 1.66. The molecule has 6 heteroatoms. The quantitative estimate of drug-likeness (QED) is 0.779. The van der Waals surface area contributed by atoms with Crippen LogP contribution in [0.1, 0.15) is 17.0 Å². The van der Waals surface area contributed by atoms with E-state index in [0.29, 0.717) is 5.58 Å². The van der Waals surface area contributed by atoms with Crippen LogP contribution in [0, 0.1) is 11.3 Å². The zero-order valence-corrected chi connectivity index (χ0v) is 10.8. The summed E-state index contributed by atoms with van der Waals surface area (Å²) in [6, 6.07) is 10.3. The molecule has 1 aromatic carbocycles. The lowest BCUT2D eigenvalue weighted by molar-refractivity contribution is 0.0992. The molecule has 0 fully saturated rings. The van der Waals surface area contributed by atoms with Crippen LogP contribution in [0.4, 0.5) is 0 Å². The number of sulfone groups is 1. The Balaban J connectivity index is 2.18. The first kappa shape index (κ1) is 13.3. The normalized spacial score (nSPS) is 11.3. The van der Waals surface area contributed by atoms with Crippen molar-refractivity contribution in [2.24, 2.45) is 0 Å². The van der Waals surface area contributed by atoms with Gasteiger partial charge >= 0.3 is 0 Å². The van der Waals surface area contributed by atoms with E-state index in [-0.39, 0.29) is 17.9 Å². The Labute approximate surface area is 110 Å². The maximum Gasteiger partial charge on any atom is 0.213 e. The van der Waals surface area contributed by atoms with Crippen molar-refractivity contribution in [3.8, 4) is 6.07 Å². The second kappa shape index (κ2) is 5.24. The van der Waals surface area contributed by atoms with Gasteiger partial charge in [0.25, 0.3) is 0 Å². The van der Waals surface area contributed by atoms with E-state index in [1.807, 2.05) is 0 Å². The molecule has 0 spiro atoms. The first-order valence-corrected chi connectivity index (χ1v) is 7.43. The Kier molecular flexibility index (Phi) is 3.67. The van der Waals surface area contributed by atoms with Crippen molar-refractivity contribution in [2.45, 2.75) is 6.42 Å². The van der Waals surface area contributed by atoms with Crippen molar-refractivity contribution >= 4 is 26.6 Å². The highest BCUT2D eigenvalue weighted by molar-refractivity contribution is 7.92. The fraction of sp³-hybridized carbons (Fsp3) is 0.231. The molecule has 0 bridgehead atoms. The van der Waals surface area contributed by atoms with Gasteiger partial charge in [-0.1, -0.05) is 18.2 Å². The van der Waals surface area contributed by atoms with Crippen LogP contribution in [-0.2, 0) is 9.84 Å². The Bertz CT molecular complexity index is 719. The van der Waals surface area contributed by atoms with Gasteiger partial charge in [-0.25, -0.2) is 8.42 Å². The van der Waals surface area contributed by atoms with Gasteiger partial charge in [0.2, 0.25) is 5.78 Å². The van der Waals surface area contributed by atoms with Crippen molar-refractivity contribution < 1.29 is 17.6 Å². The van der Waals surface area contributed by atoms with E-state index in [9.17, 15) is 13.2 Å². The molecule has 98 valence electrons. The van der Waals surface area contributed by atoms with Crippen LogP contribution in [-0.4, -0.2) is 25.7 Å². The SMILES string of the molecule is N#CCCS(=O)(=O)CC(=O)c1cc2ccccc2o1. The Morgan fingerprint density at radius 1 is 1.32 bits per heavy atom. The van der Waals surface area contributed by atoms with Gasteiger partial charge in [0.1, 0.15) is 11.3 Å². The van der Waals surface area contributed by atoms with Gasteiger partial charge in [0, 0.05) is 11.8 Å². The molecule has 0 aliphatic heterocycles. The zero-order chi connectivity index (χ0) is 13.9.